The molecule has 0 radical (unpaired) electrons. The van der Waals surface area contributed by atoms with Crippen molar-refractivity contribution in [1.82, 2.24) is 10.2 Å². The zero-order valence-corrected chi connectivity index (χ0v) is 23.8. The Morgan fingerprint density at radius 1 is 0.875 bits per heavy atom. The van der Waals surface area contributed by atoms with Gasteiger partial charge in [-0.1, -0.05) is 63.6 Å². The first-order valence-electron chi connectivity index (χ1n) is 14.3. The van der Waals surface area contributed by atoms with Crippen LogP contribution in [0.15, 0.2) is 72.8 Å². The zero-order chi connectivity index (χ0) is 28.7. The first kappa shape index (κ1) is 29.4. The van der Waals surface area contributed by atoms with Gasteiger partial charge in [-0.15, -0.1) is 0 Å². The van der Waals surface area contributed by atoms with Crippen LogP contribution in [-0.4, -0.2) is 35.8 Å². The highest BCUT2D eigenvalue weighted by molar-refractivity contribution is 5.94. The van der Waals surface area contributed by atoms with Gasteiger partial charge in [0.1, 0.15) is 11.6 Å². The fraction of sp³-hybridized carbons (Fsp3) is 0.412. The number of carbonyl (C=O) groups excluding carboxylic acids is 2. The lowest BCUT2D eigenvalue weighted by Gasteiger charge is -2.20. The van der Waals surface area contributed by atoms with E-state index in [1.807, 2.05) is 29.2 Å². The van der Waals surface area contributed by atoms with Gasteiger partial charge in [0.2, 0.25) is 5.91 Å². The minimum Gasteiger partial charge on any atom is -0.347 e. The predicted molar refractivity (Wildman–Crippen MR) is 155 cm³/mol. The third-order valence-corrected chi connectivity index (χ3v) is 7.50. The third-order valence-electron chi connectivity index (χ3n) is 7.50. The summed E-state index contributed by atoms with van der Waals surface area (Å²) in [6, 6.07) is 20.6. The van der Waals surface area contributed by atoms with Gasteiger partial charge in [-0.2, -0.15) is 0 Å². The van der Waals surface area contributed by atoms with Crippen molar-refractivity contribution in [2.45, 2.75) is 71.3 Å². The van der Waals surface area contributed by atoms with Crippen molar-refractivity contribution < 1.29 is 18.4 Å². The Bertz CT molecular complexity index is 1220. The second-order valence-electron chi connectivity index (χ2n) is 12.1. The topological polar surface area (TPSA) is 49.4 Å². The fourth-order valence-corrected chi connectivity index (χ4v) is 5.46. The molecule has 1 fully saturated rings. The first-order valence-corrected chi connectivity index (χ1v) is 14.3. The number of unbranched alkanes of at least 4 members (excludes halogenated alkanes) is 1. The summed E-state index contributed by atoms with van der Waals surface area (Å²) in [5.41, 5.74) is 3.99. The predicted octanol–water partition coefficient (Wildman–Crippen LogP) is 7.28. The molecule has 1 atom stereocenters. The molecule has 1 N–H and O–H groups in total. The molecule has 4 nitrogen and oxygen atoms in total. The summed E-state index contributed by atoms with van der Waals surface area (Å²) < 4.78 is 27.0. The number of hydrogen-bond acceptors (Lipinski definition) is 2. The van der Waals surface area contributed by atoms with Crippen molar-refractivity contribution in [2.75, 3.05) is 13.1 Å². The molecule has 0 aromatic heterocycles. The van der Waals surface area contributed by atoms with E-state index in [1.54, 1.807) is 24.3 Å². The molecular formula is C34H40F2N2O2. The number of nitrogens with zero attached hydrogens (tertiary/aromatic N) is 1. The van der Waals surface area contributed by atoms with E-state index >= 15 is 0 Å². The summed E-state index contributed by atoms with van der Waals surface area (Å²) in [5.74, 6) is -0.578. The van der Waals surface area contributed by atoms with Crippen LogP contribution in [0.25, 0.3) is 0 Å². The van der Waals surface area contributed by atoms with Crippen molar-refractivity contribution in [2.24, 2.45) is 5.41 Å². The molecule has 4 rings (SSSR count). The zero-order valence-electron chi connectivity index (χ0n) is 23.8. The average Bonchev–Trinajstić information content (AvgIpc) is 3.38. The summed E-state index contributed by atoms with van der Waals surface area (Å²) in [4.78, 5) is 27.5. The monoisotopic (exact) mass is 546 g/mol. The van der Waals surface area contributed by atoms with Crippen molar-refractivity contribution in [3.05, 3.63) is 107 Å². The number of nitrogens with one attached hydrogen (secondary N) is 1. The van der Waals surface area contributed by atoms with Crippen LogP contribution in [0.3, 0.4) is 0 Å². The molecule has 1 aliphatic rings. The van der Waals surface area contributed by atoms with Crippen LogP contribution in [-0.2, 0) is 11.2 Å². The van der Waals surface area contributed by atoms with Crippen LogP contribution < -0.4 is 5.32 Å². The van der Waals surface area contributed by atoms with Crippen molar-refractivity contribution in [3.8, 4) is 0 Å². The number of carbonyl (C=O) groups is 2. The lowest BCUT2D eigenvalue weighted by atomic mass is 9.87. The molecule has 0 saturated carbocycles. The van der Waals surface area contributed by atoms with Gasteiger partial charge in [0.15, 0.2) is 0 Å². The largest absolute Gasteiger partial charge is 0.347 e. The number of halogens is 2. The molecule has 40 heavy (non-hydrogen) atoms. The minimum atomic E-state index is -0.290. The van der Waals surface area contributed by atoms with E-state index in [2.05, 4.69) is 26.1 Å². The van der Waals surface area contributed by atoms with Crippen LogP contribution in [0, 0.1) is 17.0 Å². The Kier molecular flexibility index (Phi) is 9.72. The van der Waals surface area contributed by atoms with Crippen LogP contribution >= 0.6 is 0 Å². The molecule has 0 aliphatic carbocycles. The van der Waals surface area contributed by atoms with E-state index in [4.69, 9.17) is 0 Å². The summed E-state index contributed by atoms with van der Waals surface area (Å²) in [6.45, 7) is 7.75. The maximum atomic E-state index is 13.5. The SMILES string of the molecule is CC(C)(C)Cc1ccc(C(=O)NC2CCN(C(=O)CCCCC(c3ccc(F)cc3)c3ccc(F)cc3)C2)cc1. The van der Waals surface area contributed by atoms with Gasteiger partial charge < -0.3 is 10.2 Å². The smallest absolute Gasteiger partial charge is 0.251 e. The quantitative estimate of drug-likeness (QED) is 0.272. The Hall–Kier alpha value is -3.54. The highest BCUT2D eigenvalue weighted by Crippen LogP contribution is 2.30. The molecule has 212 valence electrons. The lowest BCUT2D eigenvalue weighted by molar-refractivity contribution is -0.130. The van der Waals surface area contributed by atoms with Gasteiger partial charge in [0.05, 0.1) is 0 Å². The molecule has 2 amide bonds. The molecule has 1 saturated heterocycles. The highest BCUT2D eigenvalue weighted by Gasteiger charge is 2.27. The van der Waals surface area contributed by atoms with Gasteiger partial charge in [0.25, 0.3) is 5.91 Å². The maximum absolute atomic E-state index is 13.5. The molecule has 0 spiro atoms. The van der Waals surface area contributed by atoms with E-state index in [0.29, 0.717) is 25.1 Å². The van der Waals surface area contributed by atoms with E-state index in [1.165, 1.54) is 29.8 Å². The number of benzene rings is 3. The molecule has 3 aromatic rings. The normalized spacial score (nSPS) is 15.4. The molecular weight excluding hydrogens is 506 g/mol. The van der Waals surface area contributed by atoms with E-state index in [0.717, 1.165) is 43.2 Å². The molecule has 0 bridgehead atoms. The van der Waals surface area contributed by atoms with Crippen LogP contribution in [0.2, 0.25) is 0 Å². The van der Waals surface area contributed by atoms with E-state index < -0.39 is 0 Å². The first-order chi connectivity index (χ1) is 19.1. The Balaban J connectivity index is 1.23. The molecule has 6 heteroatoms. The number of likely N-dealkylation sites (tertiary alicyclic amines) is 1. The summed E-state index contributed by atoms with van der Waals surface area (Å²) in [7, 11) is 0. The van der Waals surface area contributed by atoms with E-state index in [-0.39, 0.29) is 40.8 Å². The van der Waals surface area contributed by atoms with Crippen LogP contribution in [0.5, 0.6) is 0 Å². The minimum absolute atomic E-state index is 0.00482. The van der Waals surface area contributed by atoms with Crippen molar-refractivity contribution in [3.63, 3.8) is 0 Å². The number of amides is 2. The van der Waals surface area contributed by atoms with Gasteiger partial charge >= 0.3 is 0 Å². The summed E-state index contributed by atoms with van der Waals surface area (Å²) >= 11 is 0. The van der Waals surface area contributed by atoms with Gasteiger partial charge in [-0.05, 0) is 84.2 Å². The molecule has 3 aromatic carbocycles. The summed E-state index contributed by atoms with van der Waals surface area (Å²) in [6.07, 6.45) is 4.45. The second-order valence-corrected chi connectivity index (χ2v) is 12.1. The van der Waals surface area contributed by atoms with Crippen LogP contribution in [0.4, 0.5) is 8.78 Å². The average molecular weight is 547 g/mol. The second kappa shape index (κ2) is 13.2. The van der Waals surface area contributed by atoms with Gasteiger partial charge in [-0.25, -0.2) is 8.78 Å². The highest BCUT2D eigenvalue weighted by atomic mass is 19.1. The third kappa shape index (κ3) is 8.48. The summed E-state index contributed by atoms with van der Waals surface area (Å²) in [5, 5.41) is 3.09. The Morgan fingerprint density at radius 3 is 2.00 bits per heavy atom. The van der Waals surface area contributed by atoms with Crippen molar-refractivity contribution in [1.29, 1.82) is 0 Å². The number of rotatable bonds is 10. The van der Waals surface area contributed by atoms with Gasteiger partial charge in [-0.3, -0.25) is 9.59 Å². The Labute approximate surface area is 236 Å². The molecule has 1 aliphatic heterocycles. The van der Waals surface area contributed by atoms with Crippen molar-refractivity contribution >= 4 is 11.8 Å². The van der Waals surface area contributed by atoms with Gasteiger partial charge in [0, 0.05) is 37.0 Å². The Morgan fingerprint density at radius 2 is 1.45 bits per heavy atom. The lowest BCUT2D eigenvalue weighted by Crippen LogP contribution is -2.38. The fourth-order valence-electron chi connectivity index (χ4n) is 5.46. The van der Waals surface area contributed by atoms with E-state index in [9.17, 15) is 18.4 Å². The van der Waals surface area contributed by atoms with Crippen LogP contribution in [0.1, 0.15) is 85.8 Å². The molecule has 1 unspecified atom stereocenters. The standard InChI is InChI=1S/C34H40F2N2O2/c1-34(2,3)22-24-8-10-27(11-9-24)33(40)37-30-20-21-38(23-30)32(39)7-5-4-6-31(25-12-16-28(35)17-13-25)26-14-18-29(36)19-15-26/h8-19,30-31H,4-7,20-23H2,1-3H3,(H,37,40). The molecule has 1 heterocycles. The maximum Gasteiger partial charge on any atom is 0.251 e. The number of hydrogen-bond donors (Lipinski definition) is 1.